The van der Waals surface area contributed by atoms with Gasteiger partial charge in [0, 0.05) is 13.6 Å². The van der Waals surface area contributed by atoms with Gasteiger partial charge >= 0.3 is 5.97 Å². The Morgan fingerprint density at radius 3 is 3.00 bits per heavy atom. The predicted octanol–water partition coefficient (Wildman–Crippen LogP) is 2.63. The zero-order chi connectivity index (χ0) is 14.5. The summed E-state index contributed by atoms with van der Waals surface area (Å²) in [6.07, 6.45) is 1.25. The van der Waals surface area contributed by atoms with Crippen LogP contribution in [0.15, 0.2) is 34.9 Å². The van der Waals surface area contributed by atoms with Gasteiger partial charge in [-0.3, -0.25) is 0 Å². The van der Waals surface area contributed by atoms with Gasteiger partial charge in [0.25, 0.3) is 6.01 Å². The molecule has 0 unspecified atom stereocenters. The topological polar surface area (TPSA) is 55.6 Å². The molecule has 2 rings (SSSR count). The quantitative estimate of drug-likeness (QED) is 0.787. The van der Waals surface area contributed by atoms with Gasteiger partial charge in [-0.05, 0) is 24.6 Å². The summed E-state index contributed by atoms with van der Waals surface area (Å²) in [5.41, 5.74) is 0.899. The number of anilines is 1. The van der Waals surface area contributed by atoms with Crippen LogP contribution in [0.5, 0.6) is 0 Å². The van der Waals surface area contributed by atoms with Crippen LogP contribution in [0.1, 0.15) is 23.0 Å². The SMILES string of the molecule is CCOC(=O)c1coc(N(C)Cc2cccc(F)c2)n1. The first-order valence-corrected chi connectivity index (χ1v) is 6.18. The molecule has 0 atom stereocenters. The Kier molecular flexibility index (Phi) is 4.34. The van der Waals surface area contributed by atoms with E-state index in [1.54, 1.807) is 31.0 Å². The Morgan fingerprint density at radius 1 is 1.50 bits per heavy atom. The van der Waals surface area contributed by atoms with Gasteiger partial charge in [0.15, 0.2) is 5.69 Å². The van der Waals surface area contributed by atoms with Crippen molar-refractivity contribution in [3.63, 3.8) is 0 Å². The van der Waals surface area contributed by atoms with E-state index in [1.165, 1.54) is 18.4 Å². The van der Waals surface area contributed by atoms with Crippen LogP contribution in [-0.4, -0.2) is 24.6 Å². The van der Waals surface area contributed by atoms with E-state index in [0.717, 1.165) is 5.56 Å². The van der Waals surface area contributed by atoms with Gasteiger partial charge in [0.2, 0.25) is 0 Å². The first-order valence-electron chi connectivity index (χ1n) is 6.18. The number of ether oxygens (including phenoxy) is 1. The van der Waals surface area contributed by atoms with Crippen molar-refractivity contribution in [2.75, 3.05) is 18.6 Å². The molecule has 0 aliphatic heterocycles. The standard InChI is InChI=1S/C14H15FN2O3/c1-3-19-13(18)12-9-20-14(16-12)17(2)8-10-5-4-6-11(15)7-10/h4-7,9H,3,8H2,1-2H3. The van der Waals surface area contributed by atoms with Gasteiger partial charge in [-0.25, -0.2) is 9.18 Å². The molecule has 0 aliphatic rings. The fourth-order valence-corrected chi connectivity index (χ4v) is 1.72. The van der Waals surface area contributed by atoms with Crippen molar-refractivity contribution in [3.05, 3.63) is 47.6 Å². The predicted molar refractivity (Wildman–Crippen MR) is 71.0 cm³/mol. The maximum atomic E-state index is 13.1. The van der Waals surface area contributed by atoms with Crippen molar-refractivity contribution in [1.82, 2.24) is 4.98 Å². The van der Waals surface area contributed by atoms with Crippen LogP contribution >= 0.6 is 0 Å². The van der Waals surface area contributed by atoms with Crippen molar-refractivity contribution in [3.8, 4) is 0 Å². The zero-order valence-electron chi connectivity index (χ0n) is 11.3. The first kappa shape index (κ1) is 14.0. The lowest BCUT2D eigenvalue weighted by Crippen LogP contribution is -2.17. The molecule has 0 spiro atoms. The van der Waals surface area contributed by atoms with Crippen LogP contribution in [0.4, 0.5) is 10.4 Å². The molecule has 6 heteroatoms. The normalized spacial score (nSPS) is 10.3. The third kappa shape index (κ3) is 3.34. The molecule has 0 N–H and O–H groups in total. The van der Waals surface area contributed by atoms with E-state index < -0.39 is 5.97 Å². The zero-order valence-corrected chi connectivity index (χ0v) is 11.3. The number of hydrogen-bond acceptors (Lipinski definition) is 5. The number of halogens is 1. The lowest BCUT2D eigenvalue weighted by atomic mass is 10.2. The van der Waals surface area contributed by atoms with Crippen LogP contribution in [-0.2, 0) is 11.3 Å². The second-order valence-electron chi connectivity index (χ2n) is 4.22. The summed E-state index contributed by atoms with van der Waals surface area (Å²) in [5.74, 6) is -0.822. The number of rotatable bonds is 5. The van der Waals surface area contributed by atoms with Crippen LogP contribution < -0.4 is 4.90 Å². The number of aromatic nitrogens is 1. The van der Waals surface area contributed by atoms with Crippen molar-refractivity contribution < 1.29 is 18.3 Å². The van der Waals surface area contributed by atoms with Gasteiger partial charge in [-0.2, -0.15) is 4.98 Å². The summed E-state index contributed by atoms with van der Waals surface area (Å²) in [6.45, 7) is 2.41. The van der Waals surface area contributed by atoms with Gasteiger partial charge in [-0.15, -0.1) is 0 Å². The van der Waals surface area contributed by atoms with E-state index in [-0.39, 0.29) is 24.1 Å². The maximum Gasteiger partial charge on any atom is 0.360 e. The minimum atomic E-state index is -0.526. The number of nitrogens with zero attached hydrogens (tertiary/aromatic N) is 2. The summed E-state index contributed by atoms with van der Waals surface area (Å²) >= 11 is 0. The van der Waals surface area contributed by atoms with E-state index in [0.29, 0.717) is 6.54 Å². The molecular formula is C14H15FN2O3. The van der Waals surface area contributed by atoms with Crippen molar-refractivity contribution in [2.24, 2.45) is 0 Å². The number of hydrogen-bond donors (Lipinski definition) is 0. The van der Waals surface area contributed by atoms with Crippen LogP contribution in [0.3, 0.4) is 0 Å². The lowest BCUT2D eigenvalue weighted by molar-refractivity contribution is 0.0519. The molecule has 0 saturated carbocycles. The van der Waals surface area contributed by atoms with E-state index in [9.17, 15) is 9.18 Å². The first-order chi connectivity index (χ1) is 9.60. The molecule has 1 aromatic carbocycles. The number of oxazole rings is 1. The Bertz CT molecular complexity index is 598. The van der Waals surface area contributed by atoms with Gasteiger partial charge in [-0.1, -0.05) is 12.1 Å². The highest BCUT2D eigenvalue weighted by Gasteiger charge is 2.15. The number of carbonyl (C=O) groups excluding carboxylic acids is 1. The Morgan fingerprint density at radius 2 is 2.30 bits per heavy atom. The smallest absolute Gasteiger partial charge is 0.360 e. The lowest BCUT2D eigenvalue weighted by Gasteiger charge is -2.14. The summed E-state index contributed by atoms with van der Waals surface area (Å²) < 4.78 is 23.1. The Labute approximate surface area is 116 Å². The second kappa shape index (κ2) is 6.18. The summed E-state index contributed by atoms with van der Waals surface area (Å²) in [4.78, 5) is 17.2. The molecule has 1 aromatic heterocycles. The molecule has 0 radical (unpaired) electrons. The van der Waals surface area contributed by atoms with Gasteiger partial charge in [0.1, 0.15) is 12.1 Å². The third-order valence-corrected chi connectivity index (χ3v) is 2.61. The number of benzene rings is 1. The highest BCUT2D eigenvalue weighted by molar-refractivity contribution is 5.87. The second-order valence-corrected chi connectivity index (χ2v) is 4.22. The summed E-state index contributed by atoms with van der Waals surface area (Å²) in [5, 5.41) is 0. The van der Waals surface area contributed by atoms with Crippen LogP contribution in [0.2, 0.25) is 0 Å². The third-order valence-electron chi connectivity index (χ3n) is 2.61. The van der Waals surface area contributed by atoms with Crippen molar-refractivity contribution in [2.45, 2.75) is 13.5 Å². The highest BCUT2D eigenvalue weighted by Crippen LogP contribution is 2.16. The van der Waals surface area contributed by atoms with E-state index in [1.807, 2.05) is 0 Å². The highest BCUT2D eigenvalue weighted by atomic mass is 19.1. The molecule has 5 nitrogen and oxygen atoms in total. The molecule has 1 heterocycles. The number of carbonyl (C=O) groups is 1. The molecule has 2 aromatic rings. The number of esters is 1. The Hall–Kier alpha value is -2.37. The monoisotopic (exact) mass is 278 g/mol. The summed E-state index contributed by atoms with van der Waals surface area (Å²) in [7, 11) is 1.74. The van der Waals surface area contributed by atoms with Crippen LogP contribution in [0, 0.1) is 5.82 Å². The average Bonchev–Trinajstić information content (AvgIpc) is 2.88. The molecule has 0 fully saturated rings. The fourth-order valence-electron chi connectivity index (χ4n) is 1.72. The summed E-state index contributed by atoms with van der Waals surface area (Å²) in [6, 6.07) is 6.53. The van der Waals surface area contributed by atoms with Gasteiger partial charge in [0.05, 0.1) is 6.61 Å². The average molecular weight is 278 g/mol. The fraction of sp³-hybridized carbons (Fsp3) is 0.286. The van der Waals surface area contributed by atoms with Crippen molar-refractivity contribution >= 4 is 12.0 Å². The Balaban J connectivity index is 2.06. The minimum absolute atomic E-state index is 0.118. The molecule has 20 heavy (non-hydrogen) atoms. The van der Waals surface area contributed by atoms with E-state index >= 15 is 0 Å². The molecular weight excluding hydrogens is 263 g/mol. The van der Waals surface area contributed by atoms with Crippen LogP contribution in [0.25, 0.3) is 0 Å². The van der Waals surface area contributed by atoms with Crippen molar-refractivity contribution in [1.29, 1.82) is 0 Å². The molecule has 106 valence electrons. The minimum Gasteiger partial charge on any atom is -0.461 e. The molecule has 0 aliphatic carbocycles. The molecule has 0 bridgehead atoms. The maximum absolute atomic E-state index is 13.1. The largest absolute Gasteiger partial charge is 0.461 e. The molecule has 0 saturated heterocycles. The van der Waals surface area contributed by atoms with E-state index in [2.05, 4.69) is 4.98 Å². The molecule has 0 amide bonds. The van der Waals surface area contributed by atoms with E-state index in [4.69, 9.17) is 9.15 Å². The van der Waals surface area contributed by atoms with Gasteiger partial charge < -0.3 is 14.1 Å².